The SMILES string of the molecule is CC(C)c1cc(C(C)C)c(-c2cccc(-c3c(C(C)C)cc(C(C)C)cc3C(C)C)c2P2CCC(O)CC2)c(C(C)C)c1. The van der Waals surface area contributed by atoms with Crippen molar-refractivity contribution in [1.82, 2.24) is 0 Å². The standard InChI is InChI=1S/C41H59OP/c1-24(2)30-20-35(26(5)6)39(36(21-30)27(7)8)33-14-13-15-34(41(33)43-18-16-32(42)17-19-43)40-37(28(9)10)22-31(25(3)4)23-38(40)29(11)12/h13-15,20-29,32,42H,16-19H2,1-12H3. The lowest BCUT2D eigenvalue weighted by molar-refractivity contribution is 0.165. The van der Waals surface area contributed by atoms with E-state index in [0.717, 1.165) is 25.2 Å². The third kappa shape index (κ3) is 7.15. The van der Waals surface area contributed by atoms with Gasteiger partial charge in [-0.25, -0.2) is 0 Å². The summed E-state index contributed by atoms with van der Waals surface area (Å²) in [5.74, 6) is 2.75. The second kappa shape index (κ2) is 14.0. The number of hydrogen-bond acceptors (Lipinski definition) is 1. The molecule has 43 heavy (non-hydrogen) atoms. The third-order valence-electron chi connectivity index (χ3n) is 9.62. The van der Waals surface area contributed by atoms with Crippen LogP contribution in [-0.2, 0) is 0 Å². The van der Waals surface area contributed by atoms with Gasteiger partial charge in [-0.1, -0.05) is 133 Å². The summed E-state index contributed by atoms with van der Waals surface area (Å²) in [6.07, 6.45) is 3.90. The average Bonchev–Trinajstić information content (AvgIpc) is 2.95. The van der Waals surface area contributed by atoms with Crippen LogP contribution in [0, 0.1) is 0 Å². The lowest BCUT2D eigenvalue weighted by atomic mass is 9.79. The molecule has 3 aromatic carbocycles. The maximum atomic E-state index is 10.6. The van der Waals surface area contributed by atoms with E-state index in [1.165, 1.54) is 55.6 Å². The van der Waals surface area contributed by atoms with Crippen molar-refractivity contribution >= 4 is 13.2 Å². The lowest BCUT2D eigenvalue weighted by Gasteiger charge is -2.33. The van der Waals surface area contributed by atoms with Gasteiger partial charge in [0.2, 0.25) is 0 Å². The molecule has 1 nitrogen and oxygen atoms in total. The topological polar surface area (TPSA) is 20.2 Å². The van der Waals surface area contributed by atoms with Crippen LogP contribution >= 0.6 is 7.92 Å². The summed E-state index contributed by atoms with van der Waals surface area (Å²) in [7, 11) is -0.409. The first-order valence-corrected chi connectivity index (χ1v) is 18.9. The molecule has 1 saturated heterocycles. The minimum absolute atomic E-state index is 0.153. The first-order valence-electron chi connectivity index (χ1n) is 17.1. The van der Waals surface area contributed by atoms with Gasteiger partial charge >= 0.3 is 0 Å². The number of hydrogen-bond donors (Lipinski definition) is 1. The summed E-state index contributed by atoms with van der Waals surface area (Å²) in [5, 5.41) is 12.2. The van der Waals surface area contributed by atoms with Gasteiger partial charge in [0, 0.05) is 0 Å². The van der Waals surface area contributed by atoms with Gasteiger partial charge in [0.25, 0.3) is 0 Å². The van der Waals surface area contributed by atoms with Crippen LogP contribution in [0.4, 0.5) is 0 Å². The summed E-state index contributed by atoms with van der Waals surface area (Å²) in [6, 6.07) is 17.3. The molecule has 0 amide bonds. The Morgan fingerprint density at radius 2 is 0.860 bits per heavy atom. The van der Waals surface area contributed by atoms with Gasteiger partial charge in [-0.05, 0) is 122 Å². The number of benzene rings is 3. The summed E-state index contributed by atoms with van der Waals surface area (Å²) in [4.78, 5) is 0. The molecule has 4 rings (SSSR count). The first kappa shape index (κ1) is 33.9. The Morgan fingerprint density at radius 3 is 1.14 bits per heavy atom. The fourth-order valence-corrected chi connectivity index (χ4v) is 9.86. The monoisotopic (exact) mass is 598 g/mol. The quantitative estimate of drug-likeness (QED) is 0.243. The van der Waals surface area contributed by atoms with Crippen LogP contribution in [0.3, 0.4) is 0 Å². The van der Waals surface area contributed by atoms with E-state index in [0.29, 0.717) is 35.5 Å². The highest BCUT2D eigenvalue weighted by atomic mass is 31.1. The Balaban J connectivity index is 2.17. The van der Waals surface area contributed by atoms with Gasteiger partial charge in [0.15, 0.2) is 0 Å². The highest BCUT2D eigenvalue weighted by molar-refractivity contribution is 7.66. The smallest absolute Gasteiger partial charge is 0.0547 e. The highest BCUT2D eigenvalue weighted by Crippen LogP contribution is 2.50. The Hall–Kier alpha value is -1.95. The van der Waals surface area contributed by atoms with Crippen molar-refractivity contribution in [1.29, 1.82) is 0 Å². The maximum absolute atomic E-state index is 10.6. The summed E-state index contributed by atoms with van der Waals surface area (Å²) < 4.78 is 0. The fourth-order valence-electron chi connectivity index (χ4n) is 6.91. The van der Waals surface area contributed by atoms with Crippen LogP contribution in [0.1, 0.15) is 165 Å². The largest absolute Gasteiger partial charge is 0.393 e. The van der Waals surface area contributed by atoms with Crippen molar-refractivity contribution in [2.45, 2.75) is 138 Å². The predicted molar refractivity (Wildman–Crippen MR) is 193 cm³/mol. The molecule has 0 atom stereocenters. The predicted octanol–water partition coefficient (Wildman–Crippen LogP) is 12.0. The Bertz CT molecular complexity index is 1250. The molecule has 1 aliphatic heterocycles. The zero-order valence-electron chi connectivity index (χ0n) is 29.3. The highest BCUT2D eigenvalue weighted by Gasteiger charge is 2.30. The summed E-state index contributed by atoms with van der Waals surface area (Å²) in [6.45, 7) is 28.3. The van der Waals surface area contributed by atoms with E-state index < -0.39 is 7.92 Å². The second-order valence-electron chi connectivity index (χ2n) is 15.0. The molecule has 3 aromatic rings. The molecule has 1 aliphatic rings. The molecule has 0 aromatic heterocycles. The van der Waals surface area contributed by atoms with Gasteiger partial charge < -0.3 is 5.11 Å². The van der Waals surface area contributed by atoms with E-state index in [2.05, 4.69) is 126 Å². The van der Waals surface area contributed by atoms with Crippen molar-refractivity contribution in [2.75, 3.05) is 12.3 Å². The van der Waals surface area contributed by atoms with Crippen LogP contribution < -0.4 is 5.30 Å². The molecular weight excluding hydrogens is 539 g/mol. The van der Waals surface area contributed by atoms with Crippen LogP contribution in [0.5, 0.6) is 0 Å². The summed E-state index contributed by atoms with van der Waals surface area (Å²) >= 11 is 0. The molecule has 1 fully saturated rings. The summed E-state index contributed by atoms with van der Waals surface area (Å²) in [5.41, 5.74) is 14.7. The van der Waals surface area contributed by atoms with Crippen molar-refractivity contribution in [2.24, 2.45) is 0 Å². The van der Waals surface area contributed by atoms with E-state index >= 15 is 0 Å². The molecule has 0 bridgehead atoms. The fraction of sp³-hybridized carbons (Fsp3) is 0.561. The molecule has 2 heteroatoms. The minimum Gasteiger partial charge on any atom is -0.393 e. The van der Waals surface area contributed by atoms with Crippen LogP contribution in [-0.4, -0.2) is 23.5 Å². The van der Waals surface area contributed by atoms with Gasteiger partial charge in [-0.2, -0.15) is 0 Å². The van der Waals surface area contributed by atoms with Gasteiger partial charge in [-0.15, -0.1) is 0 Å². The van der Waals surface area contributed by atoms with E-state index in [1.807, 2.05) is 0 Å². The molecule has 0 radical (unpaired) electrons. The maximum Gasteiger partial charge on any atom is 0.0547 e. The average molecular weight is 599 g/mol. The molecule has 0 unspecified atom stereocenters. The third-order valence-corrected chi connectivity index (χ3v) is 12.3. The minimum atomic E-state index is -0.409. The number of aliphatic hydroxyl groups is 1. The van der Waals surface area contributed by atoms with Gasteiger partial charge in [0.1, 0.15) is 0 Å². The van der Waals surface area contributed by atoms with E-state index in [-0.39, 0.29) is 6.10 Å². The molecule has 1 N–H and O–H groups in total. The van der Waals surface area contributed by atoms with Gasteiger partial charge in [0.05, 0.1) is 6.10 Å². The van der Waals surface area contributed by atoms with Crippen molar-refractivity contribution in [3.63, 3.8) is 0 Å². The van der Waals surface area contributed by atoms with Gasteiger partial charge in [-0.3, -0.25) is 0 Å². The molecular formula is C41H59OP. The Labute approximate surface area is 265 Å². The van der Waals surface area contributed by atoms with Crippen LogP contribution in [0.25, 0.3) is 22.3 Å². The van der Waals surface area contributed by atoms with Crippen molar-refractivity contribution in [3.05, 3.63) is 75.8 Å². The molecule has 0 spiro atoms. The zero-order chi connectivity index (χ0) is 31.7. The second-order valence-corrected chi connectivity index (χ2v) is 17.4. The lowest BCUT2D eigenvalue weighted by Crippen LogP contribution is -2.24. The Morgan fingerprint density at radius 1 is 0.535 bits per heavy atom. The molecule has 1 heterocycles. The first-order chi connectivity index (χ1) is 20.2. The Kier molecular flexibility index (Phi) is 11.0. The van der Waals surface area contributed by atoms with Crippen LogP contribution in [0.2, 0.25) is 0 Å². The molecule has 0 saturated carbocycles. The van der Waals surface area contributed by atoms with Crippen molar-refractivity contribution < 1.29 is 5.11 Å². The van der Waals surface area contributed by atoms with E-state index in [1.54, 1.807) is 5.30 Å². The van der Waals surface area contributed by atoms with Crippen molar-refractivity contribution in [3.8, 4) is 22.3 Å². The molecule has 234 valence electrons. The number of rotatable bonds is 9. The van der Waals surface area contributed by atoms with E-state index in [4.69, 9.17) is 0 Å². The zero-order valence-corrected chi connectivity index (χ0v) is 30.2. The number of aliphatic hydroxyl groups excluding tert-OH is 1. The van der Waals surface area contributed by atoms with E-state index in [9.17, 15) is 5.11 Å². The molecule has 0 aliphatic carbocycles. The van der Waals surface area contributed by atoms with Crippen LogP contribution in [0.15, 0.2) is 42.5 Å². The normalized spacial score (nSPS) is 17.8.